The van der Waals surface area contributed by atoms with Gasteiger partial charge in [-0.05, 0) is 42.5 Å². The Morgan fingerprint density at radius 3 is 2.58 bits per heavy atom. The van der Waals surface area contributed by atoms with Crippen LogP contribution < -0.4 is 19.7 Å². The van der Waals surface area contributed by atoms with Gasteiger partial charge in [0.15, 0.2) is 11.5 Å². The molecule has 0 radical (unpaired) electrons. The summed E-state index contributed by atoms with van der Waals surface area (Å²) in [5, 5.41) is 10.4. The lowest BCUT2D eigenvalue weighted by Gasteiger charge is -2.15. The number of hydrogen-bond acceptors (Lipinski definition) is 7. The van der Waals surface area contributed by atoms with Crippen LogP contribution in [0.15, 0.2) is 46.9 Å². The van der Waals surface area contributed by atoms with E-state index < -0.39 is 5.91 Å². The molecule has 0 saturated carbocycles. The molecule has 3 aromatic rings. The van der Waals surface area contributed by atoms with Crippen LogP contribution in [-0.4, -0.2) is 42.8 Å². The van der Waals surface area contributed by atoms with Crippen molar-refractivity contribution in [1.82, 2.24) is 10.2 Å². The minimum absolute atomic E-state index is 0.0810. The van der Waals surface area contributed by atoms with Crippen molar-refractivity contribution < 1.29 is 27.9 Å². The summed E-state index contributed by atoms with van der Waals surface area (Å²) in [7, 11) is 2.98. The number of benzene rings is 2. The Labute approximate surface area is 176 Å². The predicted octanol–water partition coefficient (Wildman–Crippen LogP) is 3.00. The Hall–Kier alpha value is -3.95. The smallest absolute Gasteiger partial charge is 0.322 e. The number of methoxy groups -OCH3 is 2. The van der Waals surface area contributed by atoms with E-state index in [4.69, 9.17) is 13.9 Å². The van der Waals surface area contributed by atoms with Gasteiger partial charge in [-0.1, -0.05) is 5.10 Å². The van der Waals surface area contributed by atoms with Gasteiger partial charge < -0.3 is 18.8 Å². The summed E-state index contributed by atoms with van der Waals surface area (Å²) < 4.78 is 29.1. The lowest BCUT2D eigenvalue weighted by Crippen LogP contribution is -2.24. The monoisotopic (exact) mass is 426 g/mol. The largest absolute Gasteiger partial charge is 0.493 e. The normalized spacial score (nSPS) is 15.8. The maximum absolute atomic E-state index is 13.1. The van der Waals surface area contributed by atoms with E-state index in [9.17, 15) is 14.0 Å². The molecule has 2 aromatic carbocycles. The minimum atomic E-state index is -0.466. The second kappa shape index (κ2) is 8.42. The average molecular weight is 426 g/mol. The van der Waals surface area contributed by atoms with Crippen LogP contribution in [0, 0.1) is 5.82 Å². The molecule has 1 unspecified atom stereocenters. The van der Waals surface area contributed by atoms with E-state index in [2.05, 4.69) is 15.5 Å². The number of carbonyl (C=O) groups excluding carboxylic acids is 2. The van der Waals surface area contributed by atoms with Crippen LogP contribution >= 0.6 is 0 Å². The highest BCUT2D eigenvalue weighted by Gasteiger charge is 2.35. The summed E-state index contributed by atoms with van der Waals surface area (Å²) in [5.74, 6) is -0.171. The van der Waals surface area contributed by atoms with Crippen LogP contribution in [0.4, 0.5) is 16.1 Å². The molecule has 160 valence electrons. The quantitative estimate of drug-likeness (QED) is 0.646. The highest BCUT2D eigenvalue weighted by molar-refractivity contribution is 6.03. The molecule has 10 heteroatoms. The predicted molar refractivity (Wildman–Crippen MR) is 108 cm³/mol. The van der Waals surface area contributed by atoms with Crippen molar-refractivity contribution in [3.63, 3.8) is 0 Å². The number of nitrogens with zero attached hydrogens (tertiary/aromatic N) is 3. The summed E-state index contributed by atoms with van der Waals surface area (Å²) in [6.07, 6.45) is 0.169. The zero-order valence-electron chi connectivity index (χ0n) is 16.8. The van der Waals surface area contributed by atoms with Crippen molar-refractivity contribution in [3.8, 4) is 11.5 Å². The Morgan fingerprint density at radius 1 is 1.13 bits per heavy atom. The molecule has 1 N–H and O–H groups in total. The molecule has 0 aliphatic carbocycles. The van der Waals surface area contributed by atoms with Crippen molar-refractivity contribution >= 4 is 23.5 Å². The molecule has 1 atom stereocenters. The average Bonchev–Trinajstić information content (AvgIpc) is 3.40. The third-order valence-electron chi connectivity index (χ3n) is 4.92. The molecule has 31 heavy (non-hydrogen) atoms. The SMILES string of the molecule is COc1ccc(C(=O)Nc2nnc(C3CC(=O)N(c4ccc(F)cc4)C3)o2)cc1OC. The minimum Gasteiger partial charge on any atom is -0.493 e. The van der Waals surface area contributed by atoms with Crippen LogP contribution in [0.3, 0.4) is 0 Å². The Kier molecular flexibility index (Phi) is 5.52. The highest BCUT2D eigenvalue weighted by atomic mass is 19.1. The van der Waals surface area contributed by atoms with Crippen LogP contribution in [0.2, 0.25) is 0 Å². The Bertz CT molecular complexity index is 1120. The van der Waals surface area contributed by atoms with Gasteiger partial charge in [0.25, 0.3) is 5.91 Å². The first-order chi connectivity index (χ1) is 15.0. The standard InChI is InChI=1S/C21H19FN4O5/c1-29-16-8-3-12(9-17(16)30-2)19(28)23-21-25-24-20(31-21)13-10-18(27)26(11-13)15-6-4-14(22)5-7-15/h3-9,13H,10-11H2,1-2H3,(H,23,25,28). The number of hydrogen-bond donors (Lipinski definition) is 1. The van der Waals surface area contributed by atoms with E-state index in [-0.39, 0.29) is 36.0 Å². The van der Waals surface area contributed by atoms with Crippen LogP contribution in [0.25, 0.3) is 0 Å². The molecule has 0 bridgehead atoms. The van der Waals surface area contributed by atoms with Crippen molar-refractivity contribution in [2.45, 2.75) is 12.3 Å². The first-order valence-electron chi connectivity index (χ1n) is 9.41. The van der Waals surface area contributed by atoms with Gasteiger partial charge in [-0.15, -0.1) is 5.10 Å². The Morgan fingerprint density at radius 2 is 1.87 bits per heavy atom. The molecule has 1 aliphatic rings. The summed E-state index contributed by atoms with van der Waals surface area (Å²) in [6, 6.07) is 10.3. The third kappa shape index (κ3) is 4.18. The molecule has 9 nitrogen and oxygen atoms in total. The summed E-state index contributed by atoms with van der Waals surface area (Å²) in [5.41, 5.74) is 0.909. The molecule has 2 heterocycles. The second-order valence-corrected chi connectivity index (χ2v) is 6.85. The zero-order valence-corrected chi connectivity index (χ0v) is 16.8. The van der Waals surface area contributed by atoms with Crippen molar-refractivity contribution in [2.75, 3.05) is 31.0 Å². The lowest BCUT2D eigenvalue weighted by atomic mass is 10.1. The first kappa shape index (κ1) is 20.3. The number of halogens is 1. The molecule has 1 aliphatic heterocycles. The maximum Gasteiger partial charge on any atom is 0.322 e. The number of carbonyl (C=O) groups is 2. The van der Waals surface area contributed by atoms with E-state index in [1.165, 1.54) is 49.5 Å². The molecule has 1 fully saturated rings. The van der Waals surface area contributed by atoms with Crippen molar-refractivity contribution in [3.05, 3.63) is 59.7 Å². The molecule has 1 aromatic heterocycles. The van der Waals surface area contributed by atoms with Gasteiger partial charge in [0.1, 0.15) is 5.82 Å². The van der Waals surface area contributed by atoms with E-state index in [1.807, 2.05) is 0 Å². The van der Waals surface area contributed by atoms with Gasteiger partial charge >= 0.3 is 6.01 Å². The van der Waals surface area contributed by atoms with Crippen molar-refractivity contribution in [1.29, 1.82) is 0 Å². The number of rotatable bonds is 6. The van der Waals surface area contributed by atoms with Gasteiger partial charge in [0, 0.05) is 24.2 Å². The number of nitrogens with one attached hydrogen (secondary N) is 1. The fraction of sp³-hybridized carbons (Fsp3) is 0.238. The summed E-state index contributed by atoms with van der Waals surface area (Å²) in [4.78, 5) is 26.4. The number of anilines is 2. The van der Waals surface area contributed by atoms with Crippen LogP contribution in [0.5, 0.6) is 11.5 Å². The summed E-state index contributed by atoms with van der Waals surface area (Å²) in [6.45, 7) is 0.315. The number of ether oxygens (including phenoxy) is 2. The second-order valence-electron chi connectivity index (χ2n) is 6.85. The van der Waals surface area contributed by atoms with E-state index in [0.717, 1.165) is 0 Å². The third-order valence-corrected chi connectivity index (χ3v) is 4.92. The molecular formula is C21H19FN4O5. The topological polar surface area (TPSA) is 107 Å². The summed E-state index contributed by atoms with van der Waals surface area (Å²) >= 11 is 0. The molecular weight excluding hydrogens is 407 g/mol. The fourth-order valence-corrected chi connectivity index (χ4v) is 3.34. The highest BCUT2D eigenvalue weighted by Crippen LogP contribution is 2.32. The van der Waals surface area contributed by atoms with Crippen LogP contribution in [-0.2, 0) is 4.79 Å². The van der Waals surface area contributed by atoms with E-state index >= 15 is 0 Å². The first-order valence-corrected chi connectivity index (χ1v) is 9.41. The molecule has 1 saturated heterocycles. The lowest BCUT2D eigenvalue weighted by molar-refractivity contribution is -0.117. The van der Waals surface area contributed by atoms with Crippen molar-refractivity contribution in [2.24, 2.45) is 0 Å². The van der Waals surface area contributed by atoms with Gasteiger partial charge in [-0.25, -0.2) is 4.39 Å². The van der Waals surface area contributed by atoms with Gasteiger partial charge in [-0.3, -0.25) is 14.9 Å². The van der Waals surface area contributed by atoms with E-state index in [1.54, 1.807) is 12.1 Å². The number of aromatic nitrogens is 2. The Balaban J connectivity index is 1.44. The maximum atomic E-state index is 13.1. The fourth-order valence-electron chi connectivity index (χ4n) is 3.34. The van der Waals surface area contributed by atoms with Gasteiger partial charge in [0.05, 0.1) is 20.1 Å². The zero-order chi connectivity index (χ0) is 22.0. The molecule has 0 spiro atoms. The van der Waals surface area contributed by atoms with Gasteiger partial charge in [-0.2, -0.15) is 0 Å². The molecule has 4 rings (SSSR count). The molecule has 2 amide bonds. The van der Waals surface area contributed by atoms with Gasteiger partial charge in [0.2, 0.25) is 11.8 Å². The van der Waals surface area contributed by atoms with E-state index in [0.29, 0.717) is 29.3 Å². The van der Waals surface area contributed by atoms with Crippen LogP contribution in [0.1, 0.15) is 28.6 Å². The number of amides is 2.